The van der Waals surface area contributed by atoms with Crippen LogP contribution in [0, 0.1) is 0 Å². The fraction of sp³-hybridized carbons (Fsp3) is 0.158. The van der Waals surface area contributed by atoms with Crippen LogP contribution in [0.15, 0.2) is 63.9 Å². The Hall–Kier alpha value is -3.28. The standard InChI is InChI=1S/C19H16N4O2/c1-2-16-20-17(25-22-16)12-23-19(24)15-11-7-6-10-14(15)18(21-23)13-8-4-3-5-9-13/h3-11H,2,12H2,1H3. The molecule has 0 saturated heterocycles. The molecule has 6 heteroatoms. The first-order chi connectivity index (χ1) is 12.3. The predicted octanol–water partition coefficient (Wildman–Crippen LogP) is 3.06. The molecule has 0 bridgehead atoms. The van der Waals surface area contributed by atoms with Gasteiger partial charge in [0.1, 0.15) is 6.54 Å². The predicted molar refractivity (Wildman–Crippen MR) is 94.2 cm³/mol. The van der Waals surface area contributed by atoms with Crippen molar-refractivity contribution in [3.8, 4) is 11.3 Å². The number of nitrogens with zero attached hydrogens (tertiary/aromatic N) is 4. The first kappa shape index (κ1) is 15.3. The largest absolute Gasteiger partial charge is 0.337 e. The molecule has 124 valence electrons. The maximum atomic E-state index is 12.8. The molecule has 25 heavy (non-hydrogen) atoms. The molecule has 0 aliphatic heterocycles. The zero-order valence-electron chi connectivity index (χ0n) is 13.7. The van der Waals surface area contributed by atoms with Gasteiger partial charge in [0.2, 0.25) is 5.89 Å². The fourth-order valence-electron chi connectivity index (χ4n) is 2.78. The number of fused-ring (bicyclic) bond motifs is 1. The van der Waals surface area contributed by atoms with E-state index in [1.165, 1.54) is 4.68 Å². The van der Waals surface area contributed by atoms with Crippen molar-refractivity contribution in [3.63, 3.8) is 0 Å². The Morgan fingerprint density at radius 2 is 1.72 bits per heavy atom. The second-order valence-corrected chi connectivity index (χ2v) is 5.68. The lowest BCUT2D eigenvalue weighted by molar-refractivity contribution is 0.359. The highest BCUT2D eigenvalue weighted by Crippen LogP contribution is 2.24. The van der Waals surface area contributed by atoms with E-state index in [-0.39, 0.29) is 12.1 Å². The number of benzene rings is 2. The Bertz CT molecular complexity index is 1080. The number of hydrogen-bond donors (Lipinski definition) is 0. The van der Waals surface area contributed by atoms with Crippen LogP contribution in [0.5, 0.6) is 0 Å². The van der Waals surface area contributed by atoms with Gasteiger partial charge in [-0.15, -0.1) is 0 Å². The van der Waals surface area contributed by atoms with Gasteiger partial charge in [-0.05, 0) is 6.07 Å². The molecular formula is C19H16N4O2. The van der Waals surface area contributed by atoms with E-state index >= 15 is 0 Å². The summed E-state index contributed by atoms with van der Waals surface area (Å²) in [6.45, 7) is 2.10. The molecule has 4 rings (SSSR count). The summed E-state index contributed by atoms with van der Waals surface area (Å²) in [4.78, 5) is 17.1. The molecule has 6 nitrogen and oxygen atoms in total. The van der Waals surface area contributed by atoms with Crippen LogP contribution in [0.1, 0.15) is 18.6 Å². The van der Waals surface area contributed by atoms with Gasteiger partial charge in [-0.1, -0.05) is 60.6 Å². The second-order valence-electron chi connectivity index (χ2n) is 5.68. The molecule has 0 fully saturated rings. The zero-order chi connectivity index (χ0) is 17.2. The first-order valence-corrected chi connectivity index (χ1v) is 8.13. The Balaban J connectivity index is 1.90. The van der Waals surface area contributed by atoms with E-state index in [0.717, 1.165) is 16.6 Å². The van der Waals surface area contributed by atoms with Gasteiger partial charge in [0.25, 0.3) is 5.56 Å². The fourth-order valence-corrected chi connectivity index (χ4v) is 2.78. The van der Waals surface area contributed by atoms with E-state index in [9.17, 15) is 4.79 Å². The van der Waals surface area contributed by atoms with E-state index in [1.807, 2.05) is 61.5 Å². The van der Waals surface area contributed by atoms with Gasteiger partial charge >= 0.3 is 0 Å². The van der Waals surface area contributed by atoms with Crippen LogP contribution in [0.4, 0.5) is 0 Å². The number of rotatable bonds is 4. The highest BCUT2D eigenvalue weighted by molar-refractivity contribution is 5.93. The van der Waals surface area contributed by atoms with Crippen LogP contribution in [0.2, 0.25) is 0 Å². The summed E-state index contributed by atoms with van der Waals surface area (Å²) in [5, 5.41) is 9.90. The van der Waals surface area contributed by atoms with Crippen molar-refractivity contribution in [1.82, 2.24) is 19.9 Å². The first-order valence-electron chi connectivity index (χ1n) is 8.13. The van der Waals surface area contributed by atoms with Crippen molar-refractivity contribution in [2.24, 2.45) is 0 Å². The second kappa shape index (κ2) is 6.32. The number of aryl methyl sites for hydroxylation is 1. The molecule has 0 aliphatic carbocycles. The topological polar surface area (TPSA) is 73.8 Å². The van der Waals surface area contributed by atoms with Crippen molar-refractivity contribution >= 4 is 10.8 Å². The van der Waals surface area contributed by atoms with Crippen LogP contribution < -0.4 is 5.56 Å². The van der Waals surface area contributed by atoms with Crippen molar-refractivity contribution < 1.29 is 4.52 Å². The normalized spacial score (nSPS) is 11.1. The molecule has 0 saturated carbocycles. The Morgan fingerprint density at radius 3 is 2.44 bits per heavy atom. The van der Waals surface area contributed by atoms with Crippen LogP contribution in [-0.2, 0) is 13.0 Å². The van der Waals surface area contributed by atoms with Crippen molar-refractivity contribution in [2.45, 2.75) is 19.9 Å². The third-order valence-corrected chi connectivity index (χ3v) is 4.03. The minimum atomic E-state index is -0.175. The molecule has 0 aliphatic rings. The molecule has 0 atom stereocenters. The maximum absolute atomic E-state index is 12.8. The minimum Gasteiger partial charge on any atom is -0.337 e. The van der Waals surface area contributed by atoms with Crippen molar-refractivity contribution in [3.05, 3.63) is 76.7 Å². The number of hydrogen-bond acceptors (Lipinski definition) is 5. The van der Waals surface area contributed by atoms with Crippen LogP contribution in [-0.4, -0.2) is 19.9 Å². The smallest absolute Gasteiger partial charge is 0.275 e. The number of aromatic nitrogens is 4. The van der Waals surface area contributed by atoms with Crippen LogP contribution in [0.3, 0.4) is 0 Å². The Kier molecular flexibility index (Phi) is 3.85. The highest BCUT2D eigenvalue weighted by atomic mass is 16.5. The van der Waals surface area contributed by atoms with Gasteiger partial charge in [0.05, 0.1) is 11.1 Å². The Labute approximate surface area is 143 Å². The summed E-state index contributed by atoms with van der Waals surface area (Å²) in [7, 11) is 0. The summed E-state index contributed by atoms with van der Waals surface area (Å²) in [6, 6.07) is 17.3. The third-order valence-electron chi connectivity index (χ3n) is 4.03. The maximum Gasteiger partial charge on any atom is 0.275 e. The highest BCUT2D eigenvalue weighted by Gasteiger charge is 2.14. The van der Waals surface area contributed by atoms with Crippen molar-refractivity contribution in [2.75, 3.05) is 0 Å². The molecule has 0 radical (unpaired) electrons. The Morgan fingerprint density at radius 1 is 1.00 bits per heavy atom. The lowest BCUT2D eigenvalue weighted by Gasteiger charge is -2.09. The zero-order valence-corrected chi connectivity index (χ0v) is 13.7. The molecule has 0 amide bonds. The monoisotopic (exact) mass is 332 g/mol. The molecule has 2 aromatic carbocycles. The SMILES string of the molecule is CCc1noc(Cn2nc(-c3ccccc3)c3ccccc3c2=O)n1. The summed E-state index contributed by atoms with van der Waals surface area (Å²) >= 11 is 0. The van der Waals surface area contributed by atoms with Gasteiger partial charge in [0.15, 0.2) is 5.82 Å². The van der Waals surface area contributed by atoms with Crippen LogP contribution in [0.25, 0.3) is 22.0 Å². The third kappa shape index (κ3) is 2.82. The van der Waals surface area contributed by atoms with E-state index in [1.54, 1.807) is 0 Å². The average molecular weight is 332 g/mol. The minimum absolute atomic E-state index is 0.149. The average Bonchev–Trinajstić information content (AvgIpc) is 3.12. The van der Waals surface area contributed by atoms with Gasteiger partial charge in [-0.3, -0.25) is 4.79 Å². The van der Waals surface area contributed by atoms with E-state index in [0.29, 0.717) is 23.5 Å². The van der Waals surface area contributed by atoms with E-state index in [4.69, 9.17) is 4.52 Å². The molecule has 0 N–H and O–H groups in total. The molecule has 0 unspecified atom stereocenters. The molecule has 2 heterocycles. The van der Waals surface area contributed by atoms with E-state index < -0.39 is 0 Å². The molecule has 2 aromatic heterocycles. The van der Waals surface area contributed by atoms with Gasteiger partial charge in [-0.25, -0.2) is 4.68 Å². The quantitative estimate of drug-likeness (QED) is 0.574. The van der Waals surface area contributed by atoms with Crippen LogP contribution >= 0.6 is 0 Å². The van der Waals surface area contributed by atoms with Gasteiger partial charge < -0.3 is 4.52 Å². The van der Waals surface area contributed by atoms with Gasteiger partial charge in [0, 0.05) is 17.4 Å². The summed E-state index contributed by atoms with van der Waals surface area (Å²) in [5.74, 6) is 0.993. The molecule has 4 aromatic rings. The molecular weight excluding hydrogens is 316 g/mol. The van der Waals surface area contributed by atoms with E-state index in [2.05, 4.69) is 15.2 Å². The summed E-state index contributed by atoms with van der Waals surface area (Å²) in [6.07, 6.45) is 0.679. The van der Waals surface area contributed by atoms with Gasteiger partial charge in [-0.2, -0.15) is 10.1 Å². The summed E-state index contributed by atoms with van der Waals surface area (Å²) in [5.41, 5.74) is 1.53. The van der Waals surface area contributed by atoms with Crippen molar-refractivity contribution in [1.29, 1.82) is 0 Å². The summed E-state index contributed by atoms with van der Waals surface area (Å²) < 4.78 is 6.60. The molecule has 0 spiro atoms. The lowest BCUT2D eigenvalue weighted by Crippen LogP contribution is -2.24. The lowest BCUT2D eigenvalue weighted by atomic mass is 10.1.